The number of aromatic carboxylic acids is 1. The Kier molecular flexibility index (Phi) is 4.93. The van der Waals surface area contributed by atoms with Gasteiger partial charge in [0.1, 0.15) is 0 Å². The molecule has 0 radical (unpaired) electrons. The molecule has 0 amide bonds. The van der Waals surface area contributed by atoms with Gasteiger partial charge in [-0.15, -0.1) is 0 Å². The molecule has 118 valence electrons. The van der Waals surface area contributed by atoms with Crippen LogP contribution in [-0.4, -0.2) is 34.4 Å². The molecule has 3 aromatic rings. The third kappa shape index (κ3) is 3.85. The van der Waals surface area contributed by atoms with Gasteiger partial charge in [0.2, 0.25) is 0 Å². The maximum atomic E-state index is 11.0. The number of nitrogen functional groups attached to an aromatic ring is 1. The highest BCUT2D eigenvalue weighted by molar-refractivity contribution is 5.94. The van der Waals surface area contributed by atoms with Crippen molar-refractivity contribution in [3.63, 3.8) is 0 Å². The Morgan fingerprint density at radius 2 is 1.87 bits per heavy atom. The van der Waals surface area contributed by atoms with E-state index in [1.807, 2.05) is 18.2 Å². The summed E-state index contributed by atoms with van der Waals surface area (Å²) >= 11 is 0. The van der Waals surface area contributed by atoms with Gasteiger partial charge in [-0.05, 0) is 24.3 Å². The highest BCUT2D eigenvalue weighted by Crippen LogP contribution is 2.16. The van der Waals surface area contributed by atoms with E-state index in [2.05, 4.69) is 14.9 Å². The van der Waals surface area contributed by atoms with E-state index in [1.54, 1.807) is 6.20 Å². The Labute approximate surface area is 131 Å². The smallest absolute Gasteiger partial charge is 0.337 e. The van der Waals surface area contributed by atoms with Gasteiger partial charge < -0.3 is 15.6 Å². The van der Waals surface area contributed by atoms with E-state index in [4.69, 9.17) is 10.8 Å². The zero-order valence-corrected chi connectivity index (χ0v) is 12.3. The van der Waals surface area contributed by atoms with Gasteiger partial charge in [-0.3, -0.25) is 5.10 Å². The van der Waals surface area contributed by atoms with Crippen molar-refractivity contribution in [3.8, 4) is 0 Å². The zero-order valence-electron chi connectivity index (χ0n) is 12.3. The summed E-state index contributed by atoms with van der Waals surface area (Å²) in [6, 6.07) is 11.4. The number of benzene rings is 2. The number of para-hydroxylation sites is 1. The minimum absolute atomic E-state index is 0.0721. The molecule has 0 bridgehead atoms. The van der Waals surface area contributed by atoms with Crippen LogP contribution in [0.1, 0.15) is 20.7 Å². The van der Waals surface area contributed by atoms with Gasteiger partial charge in [-0.25, -0.2) is 9.59 Å². The molecule has 0 fully saturated rings. The molecule has 1 aromatic heterocycles. The summed E-state index contributed by atoms with van der Waals surface area (Å²) in [6.07, 6.45) is 1.76. The van der Waals surface area contributed by atoms with Crippen LogP contribution in [0.5, 0.6) is 0 Å². The standard InChI is InChI=1S/C9H8O4.C7H7N3/c1-13-9(12)7-4-2-3-6(5-7)8(10)11;8-6-3-1-2-5-4-9-10-7(5)6/h2-5H,1H3,(H,10,11);1-4H,8H2,(H,9,10). The Morgan fingerprint density at radius 3 is 2.52 bits per heavy atom. The number of nitrogens with one attached hydrogen (secondary N) is 1. The fourth-order valence-corrected chi connectivity index (χ4v) is 1.89. The Morgan fingerprint density at radius 1 is 1.17 bits per heavy atom. The van der Waals surface area contributed by atoms with Gasteiger partial charge in [-0.1, -0.05) is 18.2 Å². The maximum absolute atomic E-state index is 11.0. The number of ether oxygens (including phenoxy) is 1. The molecule has 23 heavy (non-hydrogen) atoms. The van der Waals surface area contributed by atoms with E-state index in [0.717, 1.165) is 16.6 Å². The number of carbonyl (C=O) groups excluding carboxylic acids is 1. The molecule has 0 aliphatic carbocycles. The number of carboxylic acid groups (broad SMARTS) is 1. The molecular formula is C16H15N3O4. The van der Waals surface area contributed by atoms with Crippen LogP contribution in [0.2, 0.25) is 0 Å². The minimum Gasteiger partial charge on any atom is -0.478 e. The van der Waals surface area contributed by atoms with E-state index in [-0.39, 0.29) is 11.1 Å². The van der Waals surface area contributed by atoms with E-state index in [9.17, 15) is 9.59 Å². The lowest BCUT2D eigenvalue weighted by Crippen LogP contribution is -2.03. The van der Waals surface area contributed by atoms with E-state index in [0.29, 0.717) is 0 Å². The van der Waals surface area contributed by atoms with Crippen molar-refractivity contribution in [1.29, 1.82) is 0 Å². The second-order valence-electron chi connectivity index (χ2n) is 4.56. The summed E-state index contributed by atoms with van der Waals surface area (Å²) in [6.45, 7) is 0. The first-order valence-corrected chi connectivity index (χ1v) is 6.62. The lowest BCUT2D eigenvalue weighted by Gasteiger charge is -1.99. The number of nitrogens with two attached hydrogens (primary N) is 1. The summed E-state index contributed by atoms with van der Waals surface area (Å²) in [4.78, 5) is 21.5. The summed E-state index contributed by atoms with van der Waals surface area (Å²) in [5.41, 5.74) is 7.60. The van der Waals surface area contributed by atoms with E-state index >= 15 is 0 Å². The molecule has 7 heteroatoms. The van der Waals surface area contributed by atoms with Gasteiger partial charge in [-0.2, -0.15) is 5.10 Å². The third-order valence-corrected chi connectivity index (χ3v) is 3.04. The van der Waals surface area contributed by atoms with Crippen LogP contribution in [0.15, 0.2) is 48.7 Å². The molecule has 7 nitrogen and oxygen atoms in total. The monoisotopic (exact) mass is 313 g/mol. The molecule has 3 rings (SSSR count). The average molecular weight is 313 g/mol. The van der Waals surface area contributed by atoms with Gasteiger partial charge in [0.25, 0.3) is 0 Å². The summed E-state index contributed by atoms with van der Waals surface area (Å²) < 4.78 is 4.44. The highest BCUT2D eigenvalue weighted by atomic mass is 16.5. The van der Waals surface area contributed by atoms with Crippen LogP contribution in [0.4, 0.5) is 5.69 Å². The van der Waals surface area contributed by atoms with Crippen LogP contribution >= 0.6 is 0 Å². The number of aromatic amines is 1. The lowest BCUT2D eigenvalue weighted by molar-refractivity contribution is 0.0600. The van der Waals surface area contributed by atoms with Crippen LogP contribution < -0.4 is 5.73 Å². The summed E-state index contributed by atoms with van der Waals surface area (Å²) in [7, 11) is 1.25. The molecule has 1 heterocycles. The minimum atomic E-state index is -1.06. The van der Waals surface area contributed by atoms with Crippen molar-refractivity contribution >= 4 is 28.5 Å². The molecule has 0 saturated carbocycles. The predicted molar refractivity (Wildman–Crippen MR) is 85.2 cm³/mol. The van der Waals surface area contributed by atoms with E-state index in [1.165, 1.54) is 31.4 Å². The number of esters is 1. The van der Waals surface area contributed by atoms with Gasteiger partial charge in [0, 0.05) is 5.39 Å². The van der Waals surface area contributed by atoms with Gasteiger partial charge in [0.15, 0.2) is 0 Å². The van der Waals surface area contributed by atoms with Crippen molar-refractivity contribution in [2.75, 3.05) is 12.8 Å². The number of carboxylic acids is 1. The SMILES string of the molecule is COC(=O)c1cccc(C(=O)O)c1.Nc1cccc2cn[nH]c12. The summed E-state index contributed by atoms with van der Waals surface area (Å²) in [5.74, 6) is -1.60. The largest absolute Gasteiger partial charge is 0.478 e. The van der Waals surface area contributed by atoms with Crippen molar-refractivity contribution in [3.05, 3.63) is 59.8 Å². The maximum Gasteiger partial charge on any atom is 0.337 e. The molecule has 4 N–H and O–H groups in total. The Balaban J connectivity index is 0.000000172. The lowest BCUT2D eigenvalue weighted by atomic mass is 10.1. The van der Waals surface area contributed by atoms with E-state index < -0.39 is 11.9 Å². The van der Waals surface area contributed by atoms with Gasteiger partial charge >= 0.3 is 11.9 Å². The Bertz CT molecular complexity index is 842. The molecule has 2 aromatic carbocycles. The van der Waals surface area contributed by atoms with Crippen molar-refractivity contribution in [2.24, 2.45) is 0 Å². The van der Waals surface area contributed by atoms with Gasteiger partial charge in [0.05, 0.1) is 35.6 Å². The number of carbonyl (C=O) groups is 2. The highest BCUT2D eigenvalue weighted by Gasteiger charge is 2.08. The topological polar surface area (TPSA) is 118 Å². The number of H-pyrrole nitrogens is 1. The Hall–Kier alpha value is -3.35. The van der Waals surface area contributed by atoms with Crippen LogP contribution in [-0.2, 0) is 4.74 Å². The number of rotatable bonds is 2. The fraction of sp³-hybridized carbons (Fsp3) is 0.0625. The first-order valence-electron chi connectivity index (χ1n) is 6.62. The quantitative estimate of drug-likeness (QED) is 0.493. The molecule has 0 unspecified atom stereocenters. The first-order chi connectivity index (χ1) is 11.0. The van der Waals surface area contributed by atoms with Crippen LogP contribution in [0.3, 0.4) is 0 Å². The number of hydrogen-bond donors (Lipinski definition) is 3. The first kappa shape index (κ1) is 16.0. The number of hydrogen-bond acceptors (Lipinski definition) is 5. The second kappa shape index (κ2) is 7.08. The normalized spacial score (nSPS) is 9.78. The molecule has 0 saturated heterocycles. The number of methoxy groups -OCH3 is 1. The van der Waals surface area contributed by atoms with Crippen molar-refractivity contribution in [2.45, 2.75) is 0 Å². The van der Waals surface area contributed by atoms with Crippen molar-refractivity contribution in [1.82, 2.24) is 10.2 Å². The predicted octanol–water partition coefficient (Wildman–Crippen LogP) is 2.32. The number of anilines is 1. The van der Waals surface area contributed by atoms with Crippen LogP contribution in [0.25, 0.3) is 10.9 Å². The molecule has 0 aliphatic heterocycles. The second-order valence-corrected chi connectivity index (χ2v) is 4.56. The molecule has 0 spiro atoms. The fourth-order valence-electron chi connectivity index (χ4n) is 1.89. The van der Waals surface area contributed by atoms with Crippen LogP contribution in [0, 0.1) is 0 Å². The third-order valence-electron chi connectivity index (χ3n) is 3.04. The summed E-state index contributed by atoms with van der Waals surface area (Å²) in [5, 5.41) is 16.3. The number of nitrogens with zero attached hydrogens (tertiary/aromatic N) is 1. The number of aromatic nitrogens is 2. The number of fused-ring (bicyclic) bond motifs is 1. The molecule has 0 atom stereocenters. The zero-order chi connectivity index (χ0) is 16.8. The molecular weight excluding hydrogens is 298 g/mol. The van der Waals surface area contributed by atoms with Crippen molar-refractivity contribution < 1.29 is 19.4 Å². The average Bonchev–Trinajstić information content (AvgIpc) is 3.05. The molecule has 0 aliphatic rings.